The quantitative estimate of drug-likeness (QED) is 0.0712. The van der Waals surface area contributed by atoms with Crippen molar-refractivity contribution in [1.82, 2.24) is 9.97 Å². The monoisotopic (exact) mass is 821 g/mol. The number of rotatable bonds is 28. The number of aromatic nitrogens is 2. The fraction of sp³-hybridized carbons (Fsp3) is 0.615. The van der Waals surface area contributed by atoms with Crippen molar-refractivity contribution in [3.05, 3.63) is 91.1 Å². The summed E-state index contributed by atoms with van der Waals surface area (Å²) < 4.78 is 0. The Morgan fingerprint density at radius 1 is 0.417 bits per heavy atom. The van der Waals surface area contributed by atoms with Crippen LogP contribution >= 0.6 is 0 Å². The van der Waals surface area contributed by atoms with E-state index in [9.17, 15) is 19.2 Å². The maximum absolute atomic E-state index is 14.5. The first-order valence-corrected chi connectivity index (χ1v) is 24.3. The first-order valence-electron chi connectivity index (χ1n) is 24.3. The van der Waals surface area contributed by atoms with Gasteiger partial charge in [-0.2, -0.15) is 0 Å². The lowest BCUT2D eigenvalue weighted by Gasteiger charge is -2.25. The minimum absolute atomic E-state index is 0.0543. The third-order valence-electron chi connectivity index (χ3n) is 13.0. The zero-order chi connectivity index (χ0) is 42.7. The molecule has 2 aliphatic rings. The van der Waals surface area contributed by atoms with Crippen LogP contribution < -0.4 is 31.6 Å². The largest absolute Gasteiger partial charge is 0.315 e. The van der Waals surface area contributed by atoms with E-state index < -0.39 is 11.1 Å². The zero-order valence-corrected chi connectivity index (χ0v) is 37.7. The van der Waals surface area contributed by atoms with Gasteiger partial charge in [-0.1, -0.05) is 193 Å². The van der Waals surface area contributed by atoms with Gasteiger partial charge < -0.3 is 19.8 Å². The number of carbonyl (C=O) groups excluding carboxylic acids is 2. The van der Waals surface area contributed by atoms with Crippen LogP contribution in [0.2, 0.25) is 0 Å². The average molecular weight is 821 g/mol. The topological polar surface area (TPSA) is 106 Å². The van der Waals surface area contributed by atoms with Crippen molar-refractivity contribution < 1.29 is 9.59 Å². The maximum Gasteiger partial charge on any atom is 0.273 e. The molecule has 0 saturated carbocycles. The van der Waals surface area contributed by atoms with Gasteiger partial charge in [-0.05, 0) is 49.7 Å². The molecule has 60 heavy (non-hydrogen) atoms. The highest BCUT2D eigenvalue weighted by atomic mass is 16.2. The van der Waals surface area contributed by atoms with Crippen molar-refractivity contribution in [1.29, 1.82) is 0 Å². The molecule has 0 radical (unpaired) electrons. The molecule has 2 amide bonds. The number of hydrogen-bond acceptors (Lipinski definition) is 4. The summed E-state index contributed by atoms with van der Waals surface area (Å²) in [4.78, 5) is 66.7. The van der Waals surface area contributed by atoms with Gasteiger partial charge in [0.2, 0.25) is 0 Å². The van der Waals surface area contributed by atoms with Crippen molar-refractivity contribution in [3.63, 3.8) is 0 Å². The Bertz CT molecular complexity index is 1920. The number of anilines is 2. The van der Waals surface area contributed by atoms with Gasteiger partial charge in [0.05, 0.1) is 22.5 Å². The summed E-state index contributed by atoms with van der Waals surface area (Å²) in [5.41, 5.74) is 2.11. The molecule has 1 aromatic heterocycles. The Morgan fingerprint density at radius 3 is 1.07 bits per heavy atom. The first-order chi connectivity index (χ1) is 29.3. The van der Waals surface area contributed by atoms with Gasteiger partial charge in [-0.3, -0.25) is 19.2 Å². The molecule has 0 aliphatic carbocycles. The third kappa shape index (κ3) is 12.4. The smallest absolute Gasteiger partial charge is 0.273 e. The molecule has 8 nitrogen and oxygen atoms in total. The van der Waals surface area contributed by atoms with E-state index in [4.69, 9.17) is 0 Å². The SMILES string of the molecule is CCCCCCCCC(CCCCCC)CN1C(=O)/C(=c2\[nH]c(=O)/c(=C3/C(=O)N(CC(CCCCCC)CCCCCCCC)c4ccccc43)[nH]c2=O)c2ccccc21. The normalized spacial score (nSPS) is 16.5. The van der Waals surface area contributed by atoms with Gasteiger partial charge >= 0.3 is 0 Å². The molecule has 328 valence electrons. The van der Waals surface area contributed by atoms with Crippen molar-refractivity contribution in [3.8, 4) is 0 Å². The van der Waals surface area contributed by atoms with Crippen LogP contribution in [0.3, 0.4) is 0 Å². The molecule has 2 N–H and O–H groups in total. The Hall–Kier alpha value is -4.20. The average Bonchev–Trinajstić information content (AvgIpc) is 3.69. The number of hydrogen-bond donors (Lipinski definition) is 2. The fourth-order valence-corrected chi connectivity index (χ4v) is 9.54. The second kappa shape index (κ2) is 24.9. The predicted molar refractivity (Wildman–Crippen MR) is 250 cm³/mol. The van der Waals surface area contributed by atoms with Gasteiger partial charge in [0.15, 0.2) is 0 Å². The van der Waals surface area contributed by atoms with E-state index in [1.54, 1.807) is 0 Å². The van der Waals surface area contributed by atoms with Gasteiger partial charge in [0, 0.05) is 24.2 Å². The lowest BCUT2D eigenvalue weighted by atomic mass is 9.93. The van der Waals surface area contributed by atoms with E-state index in [-0.39, 0.29) is 33.7 Å². The molecule has 3 aromatic rings. The maximum atomic E-state index is 14.5. The van der Waals surface area contributed by atoms with Gasteiger partial charge in [0.25, 0.3) is 22.9 Å². The summed E-state index contributed by atoms with van der Waals surface area (Å²) in [5.74, 6) is 0.170. The molecular formula is C52H76N4O4. The number of amides is 2. The van der Waals surface area contributed by atoms with E-state index in [0.29, 0.717) is 36.1 Å². The van der Waals surface area contributed by atoms with Crippen molar-refractivity contribution in [2.75, 3.05) is 22.9 Å². The number of carbonyl (C=O) groups is 2. The lowest BCUT2D eigenvalue weighted by Crippen LogP contribution is -2.50. The summed E-state index contributed by atoms with van der Waals surface area (Å²) in [6.45, 7) is 10.1. The molecule has 0 saturated heterocycles. The number of unbranched alkanes of at least 4 members (excludes halogenated alkanes) is 16. The second-order valence-corrected chi connectivity index (χ2v) is 17.8. The molecule has 2 atom stereocenters. The zero-order valence-electron chi connectivity index (χ0n) is 37.7. The molecule has 5 rings (SSSR count). The number of para-hydroxylation sites is 2. The number of H-pyrrole nitrogens is 2. The summed E-state index contributed by atoms with van der Waals surface area (Å²) in [5, 5.41) is -0.109. The molecule has 2 aromatic carbocycles. The van der Waals surface area contributed by atoms with Crippen LogP contribution in [-0.2, 0) is 9.59 Å². The van der Waals surface area contributed by atoms with Crippen LogP contribution in [0.15, 0.2) is 58.1 Å². The molecule has 2 unspecified atom stereocenters. The highest BCUT2D eigenvalue weighted by Crippen LogP contribution is 2.38. The Kier molecular flexibility index (Phi) is 19.5. The van der Waals surface area contributed by atoms with Gasteiger partial charge in [0.1, 0.15) is 10.7 Å². The van der Waals surface area contributed by atoms with Crippen molar-refractivity contribution in [2.24, 2.45) is 11.8 Å². The van der Waals surface area contributed by atoms with Crippen molar-refractivity contribution >= 4 is 34.3 Å². The highest BCUT2D eigenvalue weighted by molar-refractivity contribution is 6.33. The fourth-order valence-electron chi connectivity index (χ4n) is 9.54. The molecule has 3 heterocycles. The van der Waals surface area contributed by atoms with E-state index in [2.05, 4.69) is 37.7 Å². The van der Waals surface area contributed by atoms with Crippen LogP contribution in [0.25, 0.3) is 11.1 Å². The van der Waals surface area contributed by atoms with Gasteiger partial charge in [-0.25, -0.2) is 0 Å². The summed E-state index contributed by atoms with van der Waals surface area (Å²) in [6, 6.07) is 15.2. The van der Waals surface area contributed by atoms with Crippen LogP contribution in [-0.4, -0.2) is 34.9 Å². The molecule has 0 bridgehead atoms. The van der Waals surface area contributed by atoms with E-state index in [1.165, 1.54) is 103 Å². The lowest BCUT2D eigenvalue weighted by molar-refractivity contribution is -0.114. The highest BCUT2D eigenvalue weighted by Gasteiger charge is 2.37. The molecular weight excluding hydrogens is 745 g/mol. The summed E-state index contributed by atoms with van der Waals surface area (Å²) in [7, 11) is 0. The molecule has 0 spiro atoms. The van der Waals surface area contributed by atoms with E-state index in [0.717, 1.165) is 62.7 Å². The van der Waals surface area contributed by atoms with Crippen LogP contribution in [0, 0.1) is 11.8 Å². The van der Waals surface area contributed by atoms with Crippen molar-refractivity contribution in [2.45, 2.75) is 182 Å². The minimum Gasteiger partial charge on any atom is -0.315 e. The summed E-state index contributed by atoms with van der Waals surface area (Å²) in [6.07, 6.45) is 28.5. The predicted octanol–water partition coefficient (Wildman–Crippen LogP) is 10.8. The minimum atomic E-state index is -0.582. The first kappa shape index (κ1) is 46.9. The number of aromatic amines is 2. The van der Waals surface area contributed by atoms with E-state index >= 15 is 0 Å². The van der Waals surface area contributed by atoms with Crippen LogP contribution in [0.4, 0.5) is 11.4 Å². The Balaban J connectivity index is 1.45. The molecule has 0 fully saturated rings. The second-order valence-electron chi connectivity index (χ2n) is 17.8. The number of nitrogens with one attached hydrogen (secondary N) is 2. The summed E-state index contributed by atoms with van der Waals surface area (Å²) >= 11 is 0. The Morgan fingerprint density at radius 2 is 0.717 bits per heavy atom. The number of fused-ring (bicyclic) bond motifs is 2. The number of nitrogens with zero attached hydrogens (tertiary/aromatic N) is 2. The third-order valence-corrected chi connectivity index (χ3v) is 13.0. The Labute approximate surface area is 360 Å². The van der Waals surface area contributed by atoms with Crippen LogP contribution in [0.5, 0.6) is 0 Å². The molecule has 8 heteroatoms. The standard InChI is InChI=1S/C52H76N4O4/c1-5-9-13-17-19-23-31-39(29-21-15-11-7-3)37-55-43-35-27-25-33-41(43)45(51(55)59)47-49(57)54-48(50(58)53-47)46-42-34-26-28-36-44(42)56(52(46)60)38-40(30-22-16-12-8-4)32-24-20-18-14-10-6-2/h25-28,33-36,39-40H,5-24,29-32,37-38H2,1-4H3,(H,53,58)(H,54,57)/b47-45-,48-46-. The number of benzene rings is 2. The van der Waals surface area contributed by atoms with Gasteiger partial charge in [-0.15, -0.1) is 0 Å². The van der Waals surface area contributed by atoms with E-state index in [1.807, 2.05) is 58.3 Å². The van der Waals surface area contributed by atoms with Crippen LogP contribution in [0.1, 0.15) is 193 Å². The molecule has 2 aliphatic heterocycles.